The molecule has 1 aromatic carbocycles. The van der Waals surface area contributed by atoms with Gasteiger partial charge in [-0.05, 0) is 24.3 Å². The van der Waals surface area contributed by atoms with Gasteiger partial charge in [0.1, 0.15) is 18.2 Å². The second-order valence-corrected chi connectivity index (χ2v) is 5.92. The van der Waals surface area contributed by atoms with Gasteiger partial charge < -0.3 is 9.26 Å². The fourth-order valence-corrected chi connectivity index (χ4v) is 2.80. The molecule has 19 heavy (non-hydrogen) atoms. The van der Waals surface area contributed by atoms with Crippen molar-refractivity contribution < 1.29 is 22.1 Å². The van der Waals surface area contributed by atoms with E-state index in [0.29, 0.717) is 5.76 Å². The Labute approximate surface area is 109 Å². The molecule has 1 heterocycles. The summed E-state index contributed by atoms with van der Waals surface area (Å²) in [6, 6.07) is 6.17. The van der Waals surface area contributed by atoms with Crippen LogP contribution >= 0.6 is 0 Å². The number of ether oxygens (including phenoxy) is 1. The van der Waals surface area contributed by atoms with Crippen molar-refractivity contribution in [3.63, 3.8) is 0 Å². The van der Waals surface area contributed by atoms with Crippen LogP contribution in [-0.2, 0) is 26.9 Å². The van der Waals surface area contributed by atoms with E-state index in [4.69, 9.17) is 9.26 Å². The highest BCUT2D eigenvalue weighted by atomic mass is 32.2. The molecule has 0 bridgehead atoms. The topological polar surface area (TPSA) is 69.4 Å². The predicted molar refractivity (Wildman–Crippen MR) is 64.5 cm³/mol. The van der Waals surface area contributed by atoms with Gasteiger partial charge >= 0.3 is 0 Å². The van der Waals surface area contributed by atoms with Crippen molar-refractivity contribution in [2.45, 2.75) is 17.3 Å². The number of halogens is 1. The molecule has 2 aromatic rings. The number of hydrogen-bond donors (Lipinski definition) is 0. The van der Waals surface area contributed by atoms with Gasteiger partial charge in [-0.25, -0.2) is 12.8 Å². The van der Waals surface area contributed by atoms with E-state index in [1.54, 1.807) is 0 Å². The maximum absolute atomic E-state index is 12.8. The Balaban J connectivity index is 2.18. The summed E-state index contributed by atoms with van der Waals surface area (Å²) >= 11 is 0. The molecule has 0 saturated carbocycles. The molecule has 0 spiro atoms. The van der Waals surface area contributed by atoms with Crippen molar-refractivity contribution in [2.75, 3.05) is 7.11 Å². The van der Waals surface area contributed by atoms with Gasteiger partial charge in [0.25, 0.3) is 0 Å². The highest BCUT2D eigenvalue weighted by Crippen LogP contribution is 2.17. The zero-order valence-electron chi connectivity index (χ0n) is 10.2. The number of methoxy groups -OCH3 is 1. The summed E-state index contributed by atoms with van der Waals surface area (Å²) in [7, 11) is -2.06. The Morgan fingerprint density at radius 2 is 2.00 bits per heavy atom. The summed E-state index contributed by atoms with van der Waals surface area (Å²) < 4.78 is 46.6. The molecular formula is C12H12FNO4S. The van der Waals surface area contributed by atoms with Gasteiger partial charge in [0.05, 0.1) is 10.6 Å². The van der Waals surface area contributed by atoms with Crippen LogP contribution in [0.3, 0.4) is 0 Å². The number of hydrogen-bond acceptors (Lipinski definition) is 5. The molecule has 0 amide bonds. The number of nitrogens with zero attached hydrogens (tertiary/aromatic N) is 1. The van der Waals surface area contributed by atoms with E-state index in [0.717, 1.165) is 12.1 Å². The molecule has 2 rings (SSSR count). The van der Waals surface area contributed by atoms with E-state index in [2.05, 4.69) is 5.16 Å². The summed E-state index contributed by atoms with van der Waals surface area (Å²) in [5.74, 6) is -0.333. The van der Waals surface area contributed by atoms with Gasteiger partial charge in [-0.1, -0.05) is 5.16 Å². The maximum atomic E-state index is 12.8. The van der Waals surface area contributed by atoms with Gasteiger partial charge in [-0.2, -0.15) is 0 Å². The standard InChI is InChI=1S/C12H12FNO4S/c1-17-7-11-6-10(14-18-11)8-19(15,16)12-4-2-9(13)3-5-12/h2-6H,7-8H2,1H3. The van der Waals surface area contributed by atoms with Crippen LogP contribution in [0.5, 0.6) is 0 Å². The smallest absolute Gasteiger partial charge is 0.184 e. The summed E-state index contributed by atoms with van der Waals surface area (Å²) in [5, 5.41) is 3.65. The molecule has 0 radical (unpaired) electrons. The minimum absolute atomic E-state index is 0.0465. The monoisotopic (exact) mass is 285 g/mol. The third kappa shape index (κ3) is 3.39. The second-order valence-electron chi connectivity index (χ2n) is 3.93. The summed E-state index contributed by atoms with van der Waals surface area (Å²) in [6.07, 6.45) is 0. The molecule has 0 saturated heterocycles. The molecule has 0 aliphatic carbocycles. The molecule has 0 N–H and O–H groups in total. The summed E-state index contributed by atoms with van der Waals surface area (Å²) in [5.41, 5.74) is 0.288. The quantitative estimate of drug-likeness (QED) is 0.785. The first-order chi connectivity index (χ1) is 9.01. The Morgan fingerprint density at radius 1 is 1.32 bits per heavy atom. The number of sulfone groups is 1. The largest absolute Gasteiger partial charge is 0.377 e. The SMILES string of the molecule is COCc1cc(CS(=O)(=O)c2ccc(F)cc2)no1. The number of benzene rings is 1. The lowest BCUT2D eigenvalue weighted by atomic mass is 10.3. The zero-order chi connectivity index (χ0) is 13.9. The maximum Gasteiger partial charge on any atom is 0.184 e. The van der Waals surface area contributed by atoms with Gasteiger partial charge in [-0.3, -0.25) is 0 Å². The van der Waals surface area contributed by atoms with Gasteiger partial charge in [0.2, 0.25) is 0 Å². The first-order valence-electron chi connectivity index (χ1n) is 5.43. The average molecular weight is 285 g/mol. The third-order valence-corrected chi connectivity index (χ3v) is 4.07. The average Bonchev–Trinajstić information content (AvgIpc) is 2.77. The van der Waals surface area contributed by atoms with Crippen LogP contribution in [-0.4, -0.2) is 20.7 Å². The number of rotatable bonds is 5. The molecule has 7 heteroatoms. The second kappa shape index (κ2) is 5.50. The van der Waals surface area contributed by atoms with Crippen molar-refractivity contribution in [3.05, 3.63) is 47.6 Å². The predicted octanol–water partition coefficient (Wildman–Crippen LogP) is 1.93. The van der Waals surface area contributed by atoms with Crippen LogP contribution in [0.25, 0.3) is 0 Å². The zero-order valence-corrected chi connectivity index (χ0v) is 11.0. The fourth-order valence-electron chi connectivity index (χ4n) is 1.55. The van der Waals surface area contributed by atoms with Crippen LogP contribution in [0.15, 0.2) is 39.8 Å². The molecule has 102 valence electrons. The lowest BCUT2D eigenvalue weighted by Gasteiger charge is -2.01. The highest BCUT2D eigenvalue weighted by Gasteiger charge is 2.18. The molecule has 0 unspecified atom stereocenters. The lowest BCUT2D eigenvalue weighted by molar-refractivity contribution is 0.156. The van der Waals surface area contributed by atoms with Crippen molar-refractivity contribution in [3.8, 4) is 0 Å². The lowest BCUT2D eigenvalue weighted by Crippen LogP contribution is -2.05. The molecule has 1 aromatic heterocycles. The van der Waals surface area contributed by atoms with E-state index in [1.165, 1.54) is 25.3 Å². The van der Waals surface area contributed by atoms with Crippen molar-refractivity contribution >= 4 is 9.84 Å². The van der Waals surface area contributed by atoms with E-state index in [1.807, 2.05) is 0 Å². The van der Waals surface area contributed by atoms with Gasteiger partial charge in [0.15, 0.2) is 15.6 Å². The van der Waals surface area contributed by atoms with Crippen LogP contribution in [0, 0.1) is 5.82 Å². The van der Waals surface area contributed by atoms with Crippen LogP contribution in [0.1, 0.15) is 11.5 Å². The van der Waals surface area contributed by atoms with Crippen LogP contribution in [0.2, 0.25) is 0 Å². The fraction of sp³-hybridized carbons (Fsp3) is 0.250. The Hall–Kier alpha value is -1.73. The Bertz CT molecular complexity index is 649. The molecular weight excluding hydrogens is 273 g/mol. The molecule has 0 aliphatic rings. The van der Waals surface area contributed by atoms with E-state index >= 15 is 0 Å². The Morgan fingerprint density at radius 3 is 2.63 bits per heavy atom. The van der Waals surface area contributed by atoms with E-state index in [9.17, 15) is 12.8 Å². The minimum atomic E-state index is -3.56. The van der Waals surface area contributed by atoms with Crippen molar-refractivity contribution in [2.24, 2.45) is 0 Å². The first-order valence-corrected chi connectivity index (χ1v) is 7.08. The van der Waals surface area contributed by atoms with Gasteiger partial charge in [-0.15, -0.1) is 0 Å². The first kappa shape index (κ1) is 13.7. The molecule has 0 aliphatic heterocycles. The van der Waals surface area contributed by atoms with Gasteiger partial charge in [0, 0.05) is 13.2 Å². The van der Waals surface area contributed by atoms with Crippen molar-refractivity contribution in [1.29, 1.82) is 0 Å². The highest BCUT2D eigenvalue weighted by molar-refractivity contribution is 7.90. The summed E-state index contributed by atoms with van der Waals surface area (Å²) in [4.78, 5) is 0.0465. The third-order valence-electron chi connectivity index (χ3n) is 2.41. The molecule has 0 fully saturated rings. The van der Waals surface area contributed by atoms with E-state index < -0.39 is 15.7 Å². The normalized spacial score (nSPS) is 11.7. The molecule has 5 nitrogen and oxygen atoms in total. The summed E-state index contributed by atoms with van der Waals surface area (Å²) in [6.45, 7) is 0.226. The Kier molecular flexibility index (Phi) is 3.96. The van der Waals surface area contributed by atoms with E-state index in [-0.39, 0.29) is 22.9 Å². The van der Waals surface area contributed by atoms with Crippen molar-refractivity contribution in [1.82, 2.24) is 5.16 Å². The molecule has 0 atom stereocenters. The number of aromatic nitrogens is 1. The minimum Gasteiger partial charge on any atom is -0.377 e. The van der Waals surface area contributed by atoms with Crippen LogP contribution < -0.4 is 0 Å². The van der Waals surface area contributed by atoms with Crippen LogP contribution in [0.4, 0.5) is 4.39 Å².